The molecule has 0 radical (unpaired) electrons. The fourth-order valence-electron chi connectivity index (χ4n) is 1.91. The van der Waals surface area contributed by atoms with Crippen molar-refractivity contribution in [3.8, 4) is 0 Å². The number of pyridine rings is 1. The summed E-state index contributed by atoms with van der Waals surface area (Å²) in [5, 5.41) is 7.90. The molecule has 3 aromatic rings. The van der Waals surface area contributed by atoms with Crippen LogP contribution in [0.15, 0.2) is 43.6 Å². The summed E-state index contributed by atoms with van der Waals surface area (Å²) >= 11 is 4.50. The highest BCUT2D eigenvalue weighted by Gasteiger charge is 2.09. The van der Waals surface area contributed by atoms with Gasteiger partial charge in [0.2, 0.25) is 5.16 Å². The quantitative estimate of drug-likeness (QED) is 0.514. The van der Waals surface area contributed by atoms with Gasteiger partial charge in [0.15, 0.2) is 0 Å². The molecule has 0 unspecified atom stereocenters. The number of hydrogen-bond acceptors (Lipinski definition) is 7. The van der Waals surface area contributed by atoms with Gasteiger partial charge in [-0.25, -0.2) is 4.98 Å². The third-order valence-corrected chi connectivity index (χ3v) is 4.49. The lowest BCUT2D eigenvalue weighted by atomic mass is 10.4. The van der Waals surface area contributed by atoms with Gasteiger partial charge in [-0.2, -0.15) is 4.68 Å². The monoisotopic (exact) mass is 394 g/mol. The molecule has 0 bridgehead atoms. The van der Waals surface area contributed by atoms with E-state index in [0.717, 1.165) is 9.15 Å². The van der Waals surface area contributed by atoms with Crippen molar-refractivity contribution in [2.24, 2.45) is 0 Å². The molecule has 0 saturated heterocycles. The van der Waals surface area contributed by atoms with Crippen LogP contribution >= 0.6 is 27.7 Å². The molecule has 23 heavy (non-hydrogen) atoms. The number of halogens is 1. The normalized spacial score (nSPS) is 11.0. The van der Waals surface area contributed by atoms with Gasteiger partial charge in [0.05, 0.1) is 5.69 Å². The van der Waals surface area contributed by atoms with Crippen molar-refractivity contribution in [1.29, 1.82) is 0 Å². The van der Waals surface area contributed by atoms with E-state index in [1.54, 1.807) is 12.3 Å². The van der Waals surface area contributed by atoms with Crippen LogP contribution in [0.2, 0.25) is 0 Å². The average Bonchev–Trinajstić information content (AvgIpc) is 2.53. The molecule has 0 aliphatic rings. The largest absolute Gasteiger partial charge is 0.334 e. The average molecular weight is 395 g/mol. The lowest BCUT2D eigenvalue weighted by molar-refractivity contribution is 0.681. The Bertz CT molecular complexity index is 1020. The lowest BCUT2D eigenvalue weighted by Crippen LogP contribution is -2.32. The minimum atomic E-state index is -0.404. The Kier molecular flexibility index (Phi) is 4.18. The van der Waals surface area contributed by atoms with Crippen molar-refractivity contribution in [2.75, 3.05) is 5.84 Å². The SMILES string of the molecule is Cc1nnc(SCc2cc(=O)n3cc(Br)ccc3n2)n(N)c1=O. The number of fused-ring (bicyclic) bond motifs is 1. The second-order valence-corrected chi connectivity index (χ2v) is 6.55. The number of nitrogens with two attached hydrogens (primary N) is 1. The van der Waals surface area contributed by atoms with Crippen LogP contribution in [0.25, 0.3) is 5.65 Å². The minimum Gasteiger partial charge on any atom is -0.334 e. The van der Waals surface area contributed by atoms with Crippen molar-refractivity contribution in [3.63, 3.8) is 0 Å². The third-order valence-electron chi connectivity index (χ3n) is 3.05. The molecule has 0 atom stereocenters. The van der Waals surface area contributed by atoms with Gasteiger partial charge < -0.3 is 5.84 Å². The first-order valence-corrected chi connectivity index (χ1v) is 8.25. The predicted octanol–water partition coefficient (Wildman–Crippen LogP) is 0.723. The molecule has 0 aliphatic carbocycles. The van der Waals surface area contributed by atoms with Crippen molar-refractivity contribution in [2.45, 2.75) is 17.8 Å². The Morgan fingerprint density at radius 1 is 1.30 bits per heavy atom. The van der Waals surface area contributed by atoms with Gasteiger partial charge in [0, 0.05) is 22.5 Å². The highest BCUT2D eigenvalue weighted by molar-refractivity contribution is 9.10. The molecule has 3 rings (SSSR count). The van der Waals surface area contributed by atoms with Gasteiger partial charge in [-0.3, -0.25) is 14.0 Å². The number of aromatic nitrogens is 5. The van der Waals surface area contributed by atoms with E-state index < -0.39 is 5.56 Å². The molecule has 10 heteroatoms. The molecule has 0 aromatic carbocycles. The Morgan fingerprint density at radius 2 is 2.09 bits per heavy atom. The minimum absolute atomic E-state index is 0.188. The van der Waals surface area contributed by atoms with Crippen LogP contribution < -0.4 is 17.0 Å². The van der Waals surface area contributed by atoms with Crippen molar-refractivity contribution >= 4 is 33.3 Å². The van der Waals surface area contributed by atoms with Crippen molar-refractivity contribution in [3.05, 3.63) is 61.0 Å². The first-order valence-electron chi connectivity index (χ1n) is 6.48. The number of nitrogen functional groups attached to an aromatic ring is 1. The molecule has 8 nitrogen and oxygen atoms in total. The van der Waals surface area contributed by atoms with E-state index in [9.17, 15) is 9.59 Å². The number of rotatable bonds is 3. The highest BCUT2D eigenvalue weighted by atomic mass is 79.9. The van der Waals surface area contributed by atoms with Crippen molar-refractivity contribution in [1.82, 2.24) is 24.3 Å². The van der Waals surface area contributed by atoms with E-state index >= 15 is 0 Å². The Labute approximate surface area is 142 Å². The maximum atomic E-state index is 12.1. The standard InChI is InChI=1S/C13H11BrN6O2S/c1-7-12(22)20(15)13(18-17-7)23-6-9-4-11(21)19-5-8(14)2-3-10(19)16-9/h2-5H,6,15H2,1H3. The number of thioether (sulfide) groups is 1. The molecule has 0 aliphatic heterocycles. The van der Waals surface area contributed by atoms with Crippen LogP contribution in [0.4, 0.5) is 0 Å². The summed E-state index contributed by atoms with van der Waals surface area (Å²) < 4.78 is 3.18. The fraction of sp³-hybridized carbons (Fsp3) is 0.154. The van der Waals surface area contributed by atoms with E-state index in [0.29, 0.717) is 17.1 Å². The van der Waals surface area contributed by atoms with E-state index in [1.807, 2.05) is 6.07 Å². The maximum Gasteiger partial charge on any atom is 0.294 e. The Balaban J connectivity index is 1.91. The first kappa shape index (κ1) is 15.7. The summed E-state index contributed by atoms with van der Waals surface area (Å²) in [6.45, 7) is 1.54. The summed E-state index contributed by atoms with van der Waals surface area (Å²) in [5.41, 5.74) is 0.740. The van der Waals surface area contributed by atoms with Crippen LogP contribution in [0, 0.1) is 6.92 Å². The van der Waals surface area contributed by atoms with Gasteiger partial charge >= 0.3 is 0 Å². The predicted molar refractivity (Wildman–Crippen MR) is 89.9 cm³/mol. The smallest absolute Gasteiger partial charge is 0.294 e. The van der Waals surface area contributed by atoms with Gasteiger partial charge in [-0.1, -0.05) is 11.8 Å². The van der Waals surface area contributed by atoms with Crippen LogP contribution in [0.5, 0.6) is 0 Å². The second kappa shape index (κ2) is 6.13. The zero-order valence-electron chi connectivity index (χ0n) is 11.9. The zero-order chi connectivity index (χ0) is 16.6. The topological polar surface area (TPSA) is 108 Å². The second-order valence-electron chi connectivity index (χ2n) is 4.69. The molecular formula is C13H11BrN6O2S. The lowest BCUT2D eigenvalue weighted by Gasteiger charge is -2.06. The van der Waals surface area contributed by atoms with Gasteiger partial charge in [-0.15, -0.1) is 10.2 Å². The summed E-state index contributed by atoms with van der Waals surface area (Å²) in [6.07, 6.45) is 1.66. The van der Waals surface area contributed by atoms with E-state index in [2.05, 4.69) is 31.1 Å². The fourth-order valence-corrected chi connectivity index (χ4v) is 2.99. The maximum absolute atomic E-state index is 12.1. The van der Waals surface area contributed by atoms with Crippen LogP contribution in [0.1, 0.15) is 11.4 Å². The summed E-state index contributed by atoms with van der Waals surface area (Å²) in [6, 6.07) is 4.99. The Hall–Kier alpha value is -2.20. The Morgan fingerprint density at radius 3 is 2.87 bits per heavy atom. The van der Waals surface area contributed by atoms with Crippen LogP contribution in [-0.2, 0) is 5.75 Å². The molecule has 118 valence electrons. The van der Waals surface area contributed by atoms with Crippen molar-refractivity contribution < 1.29 is 0 Å². The van der Waals surface area contributed by atoms with Gasteiger partial charge in [0.1, 0.15) is 11.3 Å². The van der Waals surface area contributed by atoms with E-state index in [-0.39, 0.29) is 16.4 Å². The first-order chi connectivity index (χ1) is 11.0. The zero-order valence-corrected chi connectivity index (χ0v) is 14.3. The molecule has 3 aromatic heterocycles. The number of nitrogens with zero attached hydrogens (tertiary/aromatic N) is 5. The third kappa shape index (κ3) is 3.13. The molecule has 2 N–H and O–H groups in total. The number of aryl methyl sites for hydroxylation is 1. The molecule has 0 spiro atoms. The van der Waals surface area contributed by atoms with Crippen LogP contribution in [-0.4, -0.2) is 24.3 Å². The summed E-state index contributed by atoms with van der Waals surface area (Å²) in [5.74, 6) is 6.02. The molecule has 0 saturated carbocycles. The molecule has 3 heterocycles. The molecular weight excluding hydrogens is 384 g/mol. The molecule has 0 amide bonds. The highest BCUT2D eigenvalue weighted by Crippen LogP contribution is 2.17. The van der Waals surface area contributed by atoms with Gasteiger partial charge in [-0.05, 0) is 35.0 Å². The van der Waals surface area contributed by atoms with E-state index in [4.69, 9.17) is 5.84 Å². The number of hydrogen-bond donors (Lipinski definition) is 1. The van der Waals surface area contributed by atoms with Crippen LogP contribution in [0.3, 0.4) is 0 Å². The van der Waals surface area contributed by atoms with E-state index in [1.165, 1.54) is 29.2 Å². The summed E-state index contributed by atoms with van der Waals surface area (Å²) in [4.78, 5) is 28.2. The summed E-state index contributed by atoms with van der Waals surface area (Å²) in [7, 11) is 0. The van der Waals surface area contributed by atoms with Gasteiger partial charge in [0.25, 0.3) is 11.1 Å². The molecule has 0 fully saturated rings.